The molecule has 2 aliphatic rings. The van der Waals surface area contributed by atoms with Crippen LogP contribution in [-0.4, -0.2) is 58.1 Å². The number of aromatic nitrogens is 3. The van der Waals surface area contributed by atoms with E-state index < -0.39 is 0 Å². The number of hydrogen-bond donors (Lipinski definition) is 1. The van der Waals surface area contributed by atoms with Crippen LogP contribution >= 0.6 is 0 Å². The van der Waals surface area contributed by atoms with Gasteiger partial charge in [0.1, 0.15) is 5.75 Å². The van der Waals surface area contributed by atoms with Crippen molar-refractivity contribution in [3.63, 3.8) is 0 Å². The highest BCUT2D eigenvalue weighted by atomic mass is 16.3. The fourth-order valence-electron chi connectivity index (χ4n) is 4.18. The molecule has 0 bridgehead atoms. The second kappa shape index (κ2) is 6.23. The third-order valence-electron chi connectivity index (χ3n) is 5.46. The van der Waals surface area contributed by atoms with Crippen molar-refractivity contribution in [2.45, 2.75) is 31.1 Å². The van der Waals surface area contributed by atoms with Crippen molar-refractivity contribution < 1.29 is 9.90 Å². The van der Waals surface area contributed by atoms with Crippen LogP contribution < -0.4 is 4.90 Å². The zero-order valence-corrected chi connectivity index (χ0v) is 15.1. The van der Waals surface area contributed by atoms with E-state index in [1.165, 1.54) is 24.0 Å². The quantitative estimate of drug-likeness (QED) is 0.886. The van der Waals surface area contributed by atoms with Crippen molar-refractivity contribution in [3.05, 3.63) is 41.5 Å². The first-order valence-electron chi connectivity index (χ1n) is 8.95. The zero-order valence-electron chi connectivity index (χ0n) is 15.1. The van der Waals surface area contributed by atoms with Crippen molar-refractivity contribution in [1.29, 1.82) is 0 Å². The van der Waals surface area contributed by atoms with Gasteiger partial charge in [0, 0.05) is 45.0 Å². The summed E-state index contributed by atoms with van der Waals surface area (Å²) < 4.78 is 0. The molecular formula is C19H23N5O2. The Morgan fingerprint density at radius 2 is 2.12 bits per heavy atom. The van der Waals surface area contributed by atoms with E-state index in [1.807, 2.05) is 30.1 Å². The van der Waals surface area contributed by atoms with E-state index in [1.54, 1.807) is 0 Å². The Balaban J connectivity index is 1.64. The average molecular weight is 353 g/mol. The number of carbonyl (C=O) groups is 1. The number of aryl methyl sites for hydroxylation is 1. The molecule has 0 radical (unpaired) electrons. The van der Waals surface area contributed by atoms with Gasteiger partial charge in [-0.15, -0.1) is 0 Å². The fraction of sp³-hybridized carbons (Fsp3) is 0.474. The minimum absolute atomic E-state index is 0.0113. The lowest BCUT2D eigenvalue weighted by Crippen LogP contribution is -2.48. The van der Waals surface area contributed by atoms with E-state index in [9.17, 15) is 9.90 Å². The molecule has 2 aromatic rings. The Bertz CT molecular complexity index is 850. The summed E-state index contributed by atoms with van der Waals surface area (Å²) in [6.07, 6.45) is 8.71. The van der Waals surface area contributed by atoms with Gasteiger partial charge in [-0.2, -0.15) is 0 Å². The van der Waals surface area contributed by atoms with Crippen LogP contribution in [0.1, 0.15) is 40.9 Å². The molecule has 4 rings (SSSR count). The number of fused-ring (bicyclic) bond motifs is 2. The van der Waals surface area contributed by atoms with Gasteiger partial charge in [-0.3, -0.25) is 9.78 Å². The lowest BCUT2D eigenvalue weighted by atomic mass is 9.77. The smallest absolute Gasteiger partial charge is 0.255 e. The molecular weight excluding hydrogens is 330 g/mol. The number of piperidine rings is 1. The van der Waals surface area contributed by atoms with Crippen LogP contribution in [0, 0.1) is 0 Å². The number of likely N-dealkylation sites (tertiary alicyclic amines) is 1. The Labute approximate surface area is 152 Å². The van der Waals surface area contributed by atoms with E-state index in [4.69, 9.17) is 4.98 Å². The van der Waals surface area contributed by atoms with Gasteiger partial charge in [-0.05, 0) is 37.3 Å². The molecule has 1 aliphatic heterocycles. The van der Waals surface area contributed by atoms with E-state index >= 15 is 0 Å². The van der Waals surface area contributed by atoms with Crippen molar-refractivity contribution in [2.75, 3.05) is 32.1 Å². The highest BCUT2D eigenvalue weighted by molar-refractivity contribution is 5.94. The van der Waals surface area contributed by atoms with Crippen LogP contribution in [-0.2, 0) is 11.8 Å². The topological polar surface area (TPSA) is 82.5 Å². The summed E-state index contributed by atoms with van der Waals surface area (Å²) >= 11 is 0. The first-order chi connectivity index (χ1) is 12.5. The van der Waals surface area contributed by atoms with Crippen LogP contribution in [0.5, 0.6) is 5.75 Å². The molecule has 1 fully saturated rings. The predicted molar refractivity (Wildman–Crippen MR) is 97.4 cm³/mol. The molecule has 1 unspecified atom stereocenters. The number of rotatable bonds is 2. The summed E-state index contributed by atoms with van der Waals surface area (Å²) in [4.78, 5) is 29.9. The maximum absolute atomic E-state index is 12.9. The molecule has 0 saturated carbocycles. The lowest BCUT2D eigenvalue weighted by molar-refractivity contribution is 0.0632. The molecule has 1 spiro atoms. The third kappa shape index (κ3) is 2.77. The summed E-state index contributed by atoms with van der Waals surface area (Å²) in [5.74, 6) is 0.644. The van der Waals surface area contributed by atoms with E-state index in [0.29, 0.717) is 18.1 Å². The monoisotopic (exact) mass is 353 g/mol. The summed E-state index contributed by atoms with van der Waals surface area (Å²) in [6, 6.07) is 1.48. The number of nitrogens with zero attached hydrogens (tertiary/aromatic N) is 5. The van der Waals surface area contributed by atoms with E-state index in [0.717, 1.165) is 37.9 Å². The van der Waals surface area contributed by atoms with Crippen LogP contribution in [0.3, 0.4) is 0 Å². The van der Waals surface area contributed by atoms with Crippen LogP contribution in [0.25, 0.3) is 0 Å². The van der Waals surface area contributed by atoms with Gasteiger partial charge in [0.2, 0.25) is 5.95 Å². The molecule has 2 aromatic heterocycles. The van der Waals surface area contributed by atoms with Gasteiger partial charge >= 0.3 is 0 Å². The van der Waals surface area contributed by atoms with Gasteiger partial charge in [-0.25, -0.2) is 9.97 Å². The molecule has 1 atom stereocenters. The maximum Gasteiger partial charge on any atom is 0.255 e. The molecule has 1 aliphatic carbocycles. The standard InChI is InChI=1S/C19H23N5O2/c1-23(2)18-21-10-13-4-6-19(16(13)22-18)5-3-7-24(12-19)17(26)14-8-15(25)11-20-9-14/h8-11,25H,3-7,12H2,1-2H3. The maximum atomic E-state index is 12.9. The Morgan fingerprint density at radius 1 is 1.27 bits per heavy atom. The number of carbonyl (C=O) groups excluding carboxylic acids is 1. The Kier molecular flexibility index (Phi) is 4.01. The SMILES string of the molecule is CN(C)c1ncc2c(n1)C1(CCCN(C(=O)c3cncc(O)c3)C1)CC2. The number of anilines is 1. The van der Waals surface area contributed by atoms with Crippen molar-refractivity contribution in [2.24, 2.45) is 0 Å². The predicted octanol–water partition coefficient (Wildman–Crippen LogP) is 1.76. The third-order valence-corrected chi connectivity index (χ3v) is 5.46. The number of pyridine rings is 1. The van der Waals surface area contributed by atoms with Gasteiger partial charge in [0.05, 0.1) is 17.5 Å². The zero-order chi connectivity index (χ0) is 18.3. The van der Waals surface area contributed by atoms with Crippen molar-refractivity contribution in [3.8, 4) is 5.75 Å². The van der Waals surface area contributed by atoms with E-state index in [2.05, 4.69) is 9.97 Å². The number of aromatic hydroxyl groups is 1. The largest absolute Gasteiger partial charge is 0.506 e. The second-order valence-electron chi connectivity index (χ2n) is 7.48. The highest BCUT2D eigenvalue weighted by Crippen LogP contribution is 2.44. The van der Waals surface area contributed by atoms with Crippen molar-refractivity contribution >= 4 is 11.9 Å². The lowest BCUT2D eigenvalue weighted by Gasteiger charge is -2.40. The minimum atomic E-state index is -0.0960. The van der Waals surface area contributed by atoms with Gasteiger partial charge in [-0.1, -0.05) is 0 Å². The fourth-order valence-corrected chi connectivity index (χ4v) is 4.18. The van der Waals surface area contributed by atoms with Crippen LogP contribution in [0.4, 0.5) is 5.95 Å². The molecule has 7 nitrogen and oxygen atoms in total. The second-order valence-corrected chi connectivity index (χ2v) is 7.48. The normalized spacial score (nSPS) is 21.7. The van der Waals surface area contributed by atoms with Crippen LogP contribution in [0.15, 0.2) is 24.7 Å². The Morgan fingerprint density at radius 3 is 2.88 bits per heavy atom. The summed E-state index contributed by atoms with van der Waals surface area (Å²) in [5.41, 5.74) is 2.63. The van der Waals surface area contributed by atoms with Gasteiger partial charge in [0.25, 0.3) is 5.91 Å². The molecule has 136 valence electrons. The molecule has 26 heavy (non-hydrogen) atoms. The summed E-state index contributed by atoms with van der Waals surface area (Å²) in [7, 11) is 3.88. The van der Waals surface area contributed by atoms with Crippen LogP contribution in [0.2, 0.25) is 0 Å². The number of hydrogen-bond acceptors (Lipinski definition) is 6. The van der Waals surface area contributed by atoms with E-state index in [-0.39, 0.29) is 17.1 Å². The van der Waals surface area contributed by atoms with Gasteiger partial charge in [0.15, 0.2) is 0 Å². The number of amides is 1. The minimum Gasteiger partial charge on any atom is -0.506 e. The molecule has 1 amide bonds. The van der Waals surface area contributed by atoms with Gasteiger partial charge < -0.3 is 14.9 Å². The average Bonchev–Trinajstić information content (AvgIpc) is 2.98. The molecule has 0 aromatic carbocycles. The molecule has 7 heteroatoms. The van der Waals surface area contributed by atoms with Crippen molar-refractivity contribution in [1.82, 2.24) is 19.9 Å². The molecule has 1 saturated heterocycles. The Hall–Kier alpha value is -2.70. The summed E-state index contributed by atoms with van der Waals surface area (Å²) in [5, 5.41) is 9.62. The molecule has 1 N–H and O–H groups in total. The summed E-state index contributed by atoms with van der Waals surface area (Å²) in [6.45, 7) is 1.37. The molecule has 3 heterocycles. The first-order valence-corrected chi connectivity index (χ1v) is 8.95. The highest BCUT2D eigenvalue weighted by Gasteiger charge is 2.45. The first kappa shape index (κ1) is 16.8.